The second-order valence-electron chi connectivity index (χ2n) is 10.2. The van der Waals surface area contributed by atoms with Crippen molar-refractivity contribution in [3.05, 3.63) is 141 Å². The number of aromatic amines is 1. The highest BCUT2D eigenvalue weighted by Crippen LogP contribution is 2.42. The van der Waals surface area contributed by atoms with Crippen LogP contribution in [0, 0.1) is 0 Å². The van der Waals surface area contributed by atoms with E-state index in [1.165, 1.54) is 0 Å². The molecule has 2 heterocycles. The van der Waals surface area contributed by atoms with Gasteiger partial charge in [-0.25, -0.2) is 4.79 Å². The molecular weight excluding hydrogens is 612 g/mol. The summed E-state index contributed by atoms with van der Waals surface area (Å²) in [5.41, 5.74) is -0.651. The summed E-state index contributed by atoms with van der Waals surface area (Å²) in [6, 6.07) is 29.1. The van der Waals surface area contributed by atoms with E-state index >= 15 is 0 Å². The van der Waals surface area contributed by atoms with Gasteiger partial charge in [0, 0.05) is 12.3 Å². The van der Waals surface area contributed by atoms with Crippen LogP contribution in [-0.4, -0.2) is 63.8 Å². The highest BCUT2D eigenvalue weighted by atomic mass is 32.2. The molecule has 0 saturated carbocycles. The van der Waals surface area contributed by atoms with E-state index in [9.17, 15) is 26.4 Å². The fourth-order valence-electron chi connectivity index (χ4n) is 5.29. The summed E-state index contributed by atoms with van der Waals surface area (Å²) >= 11 is 0. The summed E-state index contributed by atoms with van der Waals surface area (Å²) < 4.78 is 74.0. The average Bonchev–Trinajstić information content (AvgIpc) is 3.28. The number of H-pyrrole nitrogens is 1. The first kappa shape index (κ1) is 31.5. The third-order valence-corrected chi connectivity index (χ3v) is 8.13. The normalized spacial score (nSPS) is 20.9. The van der Waals surface area contributed by atoms with Gasteiger partial charge in [-0.3, -0.25) is 22.7 Å². The largest absolute Gasteiger partial charge is 0.358 e. The van der Waals surface area contributed by atoms with Crippen molar-refractivity contribution >= 4 is 20.2 Å². The molecule has 232 valence electrons. The second kappa shape index (κ2) is 12.6. The summed E-state index contributed by atoms with van der Waals surface area (Å²) in [6.45, 7) is -0.350. The van der Waals surface area contributed by atoms with Gasteiger partial charge in [-0.1, -0.05) is 91.0 Å². The predicted octanol–water partition coefficient (Wildman–Crippen LogP) is 2.13. The van der Waals surface area contributed by atoms with Crippen LogP contribution in [0.15, 0.2) is 113 Å². The van der Waals surface area contributed by atoms with Crippen molar-refractivity contribution < 1.29 is 34.7 Å². The molecule has 4 aromatic rings. The predicted molar refractivity (Wildman–Crippen MR) is 160 cm³/mol. The number of aromatic nitrogens is 2. The van der Waals surface area contributed by atoms with E-state index < -0.39 is 61.6 Å². The molecule has 0 amide bonds. The molecular formula is C30H30N2O10S2. The molecule has 3 aromatic carbocycles. The molecule has 1 saturated heterocycles. The van der Waals surface area contributed by atoms with Crippen molar-refractivity contribution in [3.63, 3.8) is 0 Å². The number of nitrogens with zero attached hydrogens (tertiary/aromatic N) is 1. The topological polar surface area (TPSA) is 160 Å². The van der Waals surface area contributed by atoms with Gasteiger partial charge in [0.25, 0.3) is 25.8 Å². The average molecular weight is 643 g/mol. The Balaban J connectivity index is 1.64. The summed E-state index contributed by atoms with van der Waals surface area (Å²) in [4.78, 5) is 26.6. The van der Waals surface area contributed by atoms with Crippen LogP contribution in [0.25, 0.3) is 0 Å². The van der Waals surface area contributed by atoms with Crippen LogP contribution in [0.3, 0.4) is 0 Å². The van der Waals surface area contributed by atoms with Gasteiger partial charge in [0.1, 0.15) is 17.8 Å². The van der Waals surface area contributed by atoms with E-state index in [2.05, 4.69) is 4.98 Å². The second-order valence-corrected chi connectivity index (χ2v) is 13.4. The zero-order valence-electron chi connectivity index (χ0n) is 23.7. The van der Waals surface area contributed by atoms with Crippen molar-refractivity contribution in [2.45, 2.75) is 30.1 Å². The molecule has 44 heavy (non-hydrogen) atoms. The van der Waals surface area contributed by atoms with Crippen molar-refractivity contribution in [1.82, 2.24) is 9.55 Å². The van der Waals surface area contributed by atoms with Crippen LogP contribution in [-0.2, 0) is 43.7 Å². The Kier molecular flexibility index (Phi) is 9.02. The first-order valence-corrected chi connectivity index (χ1v) is 17.0. The highest BCUT2D eigenvalue weighted by molar-refractivity contribution is 7.86. The Labute approximate surface area is 254 Å². The van der Waals surface area contributed by atoms with Crippen molar-refractivity contribution in [2.24, 2.45) is 0 Å². The van der Waals surface area contributed by atoms with Crippen LogP contribution in [0.5, 0.6) is 0 Å². The number of benzene rings is 3. The summed E-state index contributed by atoms with van der Waals surface area (Å²) in [5, 5.41) is 0. The molecule has 0 bridgehead atoms. The van der Waals surface area contributed by atoms with Gasteiger partial charge in [-0.15, -0.1) is 0 Å². The smallest absolute Gasteiger partial charge is 0.330 e. The molecule has 4 atom stereocenters. The SMILES string of the molecule is CS(=O)(=O)O[C@@H]1[C@H](OS(C)(=O)=O)[C@@H](COC(c2ccccc2)(c2ccccc2)c2ccccc2)O[C@H]1n1ccc(=O)[nH]c1=O. The molecule has 1 aliphatic rings. The lowest BCUT2D eigenvalue weighted by atomic mass is 9.80. The first-order valence-electron chi connectivity index (χ1n) is 13.4. The van der Waals surface area contributed by atoms with Crippen LogP contribution in [0.1, 0.15) is 22.9 Å². The fraction of sp³-hybridized carbons (Fsp3) is 0.267. The third kappa shape index (κ3) is 6.90. The van der Waals surface area contributed by atoms with Gasteiger partial charge in [0.15, 0.2) is 12.3 Å². The monoisotopic (exact) mass is 642 g/mol. The lowest BCUT2D eigenvalue weighted by Gasteiger charge is -2.37. The molecule has 1 N–H and O–H groups in total. The maximum atomic E-state index is 12.7. The number of hydrogen-bond donors (Lipinski definition) is 1. The van der Waals surface area contributed by atoms with Gasteiger partial charge >= 0.3 is 5.69 Å². The summed E-state index contributed by atoms with van der Waals surface area (Å²) in [7, 11) is -8.45. The minimum Gasteiger partial charge on any atom is -0.358 e. The Morgan fingerprint density at radius 3 is 1.61 bits per heavy atom. The molecule has 14 heteroatoms. The zero-order valence-corrected chi connectivity index (χ0v) is 25.3. The van der Waals surface area contributed by atoms with E-state index in [0.29, 0.717) is 0 Å². The van der Waals surface area contributed by atoms with Gasteiger partial charge in [-0.05, 0) is 16.7 Å². The summed E-state index contributed by atoms with van der Waals surface area (Å²) in [5.74, 6) is 0. The maximum absolute atomic E-state index is 12.7. The Morgan fingerprint density at radius 1 is 0.727 bits per heavy atom. The third-order valence-electron chi connectivity index (χ3n) is 6.99. The van der Waals surface area contributed by atoms with Gasteiger partial charge in [-0.2, -0.15) is 16.8 Å². The maximum Gasteiger partial charge on any atom is 0.330 e. The van der Waals surface area contributed by atoms with E-state index in [-0.39, 0.29) is 6.61 Å². The van der Waals surface area contributed by atoms with Crippen LogP contribution in [0.4, 0.5) is 0 Å². The Hall–Kier alpha value is -3.92. The zero-order chi connectivity index (χ0) is 31.5. The minimum absolute atomic E-state index is 0.350. The Morgan fingerprint density at radius 2 is 1.18 bits per heavy atom. The van der Waals surface area contributed by atoms with Gasteiger partial charge < -0.3 is 9.47 Å². The first-order chi connectivity index (χ1) is 20.9. The fourth-order valence-corrected chi connectivity index (χ4v) is 6.54. The van der Waals surface area contributed by atoms with E-state index in [4.69, 9.17) is 17.8 Å². The van der Waals surface area contributed by atoms with Gasteiger partial charge in [0.05, 0.1) is 19.1 Å². The number of hydrogen-bond acceptors (Lipinski definition) is 10. The van der Waals surface area contributed by atoms with E-state index in [1.807, 2.05) is 91.0 Å². The lowest BCUT2D eigenvalue weighted by molar-refractivity contribution is -0.0929. The Bertz CT molecular complexity index is 1820. The lowest BCUT2D eigenvalue weighted by Crippen LogP contribution is -2.43. The molecule has 5 rings (SSSR count). The quantitative estimate of drug-likeness (QED) is 0.190. The van der Waals surface area contributed by atoms with E-state index in [1.54, 1.807) is 0 Å². The van der Waals surface area contributed by atoms with E-state index in [0.717, 1.165) is 46.0 Å². The molecule has 1 fully saturated rings. The molecule has 12 nitrogen and oxygen atoms in total. The molecule has 0 spiro atoms. The number of nitrogens with one attached hydrogen (secondary N) is 1. The molecule has 0 unspecified atom stereocenters. The molecule has 0 aliphatic carbocycles. The highest BCUT2D eigenvalue weighted by Gasteiger charge is 2.52. The molecule has 0 radical (unpaired) electrons. The van der Waals surface area contributed by atoms with Crippen LogP contribution < -0.4 is 11.2 Å². The molecule has 1 aliphatic heterocycles. The van der Waals surface area contributed by atoms with Crippen molar-refractivity contribution in [1.29, 1.82) is 0 Å². The van der Waals surface area contributed by atoms with Crippen LogP contribution in [0.2, 0.25) is 0 Å². The number of ether oxygens (including phenoxy) is 2. The van der Waals surface area contributed by atoms with Crippen molar-refractivity contribution in [2.75, 3.05) is 19.1 Å². The minimum atomic E-state index is -4.24. The molecule has 1 aromatic heterocycles. The standard InChI is InChI=1S/C30H30N2O10S2/c1-43(35,36)41-26-24(40-28(27(26)42-44(2,37)38)32-19-18-25(33)31-29(32)34)20-39-30(21-12-6-3-7-13-21,22-14-8-4-9-15-22)23-16-10-5-11-17-23/h3-19,24,26-28H,20H2,1-2H3,(H,31,33,34)/t24-,26-,27-,28-/m1/s1. The summed E-state index contributed by atoms with van der Waals surface area (Å²) in [6.07, 6.45) is -3.38. The number of rotatable bonds is 11. The van der Waals surface area contributed by atoms with Crippen molar-refractivity contribution in [3.8, 4) is 0 Å². The van der Waals surface area contributed by atoms with Crippen LogP contribution >= 0.6 is 0 Å². The van der Waals surface area contributed by atoms with Gasteiger partial charge in [0.2, 0.25) is 0 Å².